The van der Waals surface area contributed by atoms with Crippen LogP contribution in [0.15, 0.2) is 42.7 Å². The summed E-state index contributed by atoms with van der Waals surface area (Å²) in [5.41, 5.74) is 7.29. The van der Waals surface area contributed by atoms with Gasteiger partial charge in [-0.05, 0) is 60.5 Å². The van der Waals surface area contributed by atoms with Crippen LogP contribution in [0.25, 0.3) is 22.2 Å². The summed E-state index contributed by atoms with van der Waals surface area (Å²) in [5.74, 6) is -1.87. The molecule has 8 heteroatoms. The number of aromatic amines is 1. The summed E-state index contributed by atoms with van der Waals surface area (Å²) in [4.78, 5) is 16.5. The second kappa shape index (κ2) is 10.6. The highest BCUT2D eigenvalue weighted by Gasteiger charge is 2.38. The SMILES string of the molecule is Cc1c(-c2ccc(CNCC3CCCCC3)cc2)ccc2[nH]cnc12.O=C(O)C(F)(F)F. The Morgan fingerprint density at radius 1 is 1.12 bits per heavy atom. The molecule has 5 nitrogen and oxygen atoms in total. The minimum absolute atomic E-state index is 0.885. The fourth-order valence-corrected chi connectivity index (χ4v) is 4.08. The number of H-pyrrole nitrogens is 1. The van der Waals surface area contributed by atoms with Gasteiger partial charge in [-0.15, -0.1) is 0 Å². The molecule has 1 heterocycles. The zero-order valence-corrected chi connectivity index (χ0v) is 18.0. The van der Waals surface area contributed by atoms with Gasteiger partial charge in [0.15, 0.2) is 0 Å². The first kappa shape index (κ1) is 23.8. The number of aryl methyl sites for hydroxylation is 1. The third-order valence-electron chi connectivity index (χ3n) is 5.84. The van der Waals surface area contributed by atoms with Crippen molar-refractivity contribution >= 4 is 17.0 Å². The van der Waals surface area contributed by atoms with E-state index in [1.165, 1.54) is 54.4 Å². The van der Waals surface area contributed by atoms with Gasteiger partial charge in [0, 0.05) is 6.54 Å². The molecular weight excluding hydrogens is 419 g/mol. The number of nitrogens with zero attached hydrogens (tertiary/aromatic N) is 1. The number of nitrogens with one attached hydrogen (secondary N) is 2. The van der Waals surface area contributed by atoms with Crippen LogP contribution in [0, 0.1) is 12.8 Å². The third-order valence-corrected chi connectivity index (χ3v) is 5.84. The van der Waals surface area contributed by atoms with E-state index < -0.39 is 12.1 Å². The lowest BCUT2D eigenvalue weighted by Crippen LogP contribution is -2.24. The monoisotopic (exact) mass is 447 g/mol. The highest BCUT2D eigenvalue weighted by Crippen LogP contribution is 2.28. The molecule has 3 aromatic rings. The number of rotatable bonds is 5. The average Bonchev–Trinajstić information content (AvgIpc) is 3.25. The largest absolute Gasteiger partial charge is 0.490 e. The molecule has 0 atom stereocenters. The molecule has 0 bridgehead atoms. The number of carbonyl (C=O) groups is 1. The number of benzene rings is 2. The van der Waals surface area contributed by atoms with E-state index >= 15 is 0 Å². The second-order valence-corrected chi connectivity index (χ2v) is 8.17. The van der Waals surface area contributed by atoms with Crippen molar-refractivity contribution in [2.75, 3.05) is 6.54 Å². The Balaban J connectivity index is 0.000000360. The average molecular weight is 448 g/mol. The summed E-state index contributed by atoms with van der Waals surface area (Å²) in [6, 6.07) is 13.3. The maximum atomic E-state index is 10.6. The van der Waals surface area contributed by atoms with E-state index in [-0.39, 0.29) is 0 Å². The van der Waals surface area contributed by atoms with Crippen molar-refractivity contribution in [3.63, 3.8) is 0 Å². The summed E-state index contributed by atoms with van der Waals surface area (Å²) in [6.07, 6.45) is 3.76. The second-order valence-electron chi connectivity index (χ2n) is 8.17. The molecule has 1 saturated carbocycles. The molecule has 1 aliphatic carbocycles. The Morgan fingerprint density at radius 3 is 2.41 bits per heavy atom. The number of hydrogen-bond acceptors (Lipinski definition) is 3. The van der Waals surface area contributed by atoms with Crippen molar-refractivity contribution < 1.29 is 23.1 Å². The van der Waals surface area contributed by atoms with Gasteiger partial charge < -0.3 is 15.4 Å². The first-order valence-corrected chi connectivity index (χ1v) is 10.8. The molecule has 2 aromatic carbocycles. The Morgan fingerprint density at radius 2 is 1.78 bits per heavy atom. The van der Waals surface area contributed by atoms with E-state index in [9.17, 15) is 13.2 Å². The first-order valence-electron chi connectivity index (χ1n) is 10.8. The lowest BCUT2D eigenvalue weighted by molar-refractivity contribution is -0.192. The predicted octanol–water partition coefficient (Wildman–Crippen LogP) is 5.84. The fourth-order valence-electron chi connectivity index (χ4n) is 4.08. The zero-order valence-electron chi connectivity index (χ0n) is 18.0. The number of carboxylic acids is 1. The van der Waals surface area contributed by atoms with Crippen LogP contribution in [-0.2, 0) is 11.3 Å². The molecule has 0 aliphatic heterocycles. The van der Waals surface area contributed by atoms with Gasteiger partial charge in [0.1, 0.15) is 0 Å². The van der Waals surface area contributed by atoms with Crippen molar-refractivity contribution in [1.29, 1.82) is 0 Å². The Labute approximate surface area is 185 Å². The van der Waals surface area contributed by atoms with Crippen LogP contribution in [0.1, 0.15) is 43.2 Å². The van der Waals surface area contributed by atoms with Crippen molar-refractivity contribution in [3.8, 4) is 11.1 Å². The molecule has 0 radical (unpaired) electrons. The van der Waals surface area contributed by atoms with Crippen molar-refractivity contribution in [3.05, 3.63) is 53.9 Å². The minimum atomic E-state index is -5.08. The Kier molecular flexibility index (Phi) is 7.90. The number of aliphatic carboxylic acids is 1. The Bertz CT molecular complexity index is 1020. The van der Waals surface area contributed by atoms with Crippen LogP contribution in [0.5, 0.6) is 0 Å². The number of imidazole rings is 1. The van der Waals surface area contributed by atoms with E-state index in [0.29, 0.717) is 0 Å². The standard InChI is InChI=1S/C22H27N3.C2HF3O2/c1-16-20(11-12-21-22(16)25-15-24-21)19-9-7-18(8-10-19)14-23-13-17-5-3-2-4-6-17;3-2(4,5)1(6)7/h7-12,15,17,23H,2-6,13-14H2,1H3,(H,24,25);(H,6,7). The van der Waals surface area contributed by atoms with Crippen LogP contribution in [0.3, 0.4) is 0 Å². The Hall–Kier alpha value is -2.87. The van der Waals surface area contributed by atoms with Gasteiger partial charge in [-0.1, -0.05) is 49.6 Å². The van der Waals surface area contributed by atoms with Gasteiger partial charge >= 0.3 is 12.1 Å². The summed E-state index contributed by atoms with van der Waals surface area (Å²) in [5, 5.41) is 10.8. The van der Waals surface area contributed by atoms with Crippen molar-refractivity contribution in [2.45, 2.75) is 51.7 Å². The van der Waals surface area contributed by atoms with E-state index in [1.807, 2.05) is 0 Å². The summed E-state index contributed by atoms with van der Waals surface area (Å²) >= 11 is 0. The minimum Gasteiger partial charge on any atom is -0.475 e. The van der Waals surface area contributed by atoms with Gasteiger partial charge in [0.2, 0.25) is 0 Å². The van der Waals surface area contributed by atoms with E-state index in [4.69, 9.17) is 9.90 Å². The van der Waals surface area contributed by atoms with Crippen LogP contribution >= 0.6 is 0 Å². The van der Waals surface area contributed by atoms with Crippen molar-refractivity contribution in [2.24, 2.45) is 5.92 Å². The maximum absolute atomic E-state index is 10.6. The van der Waals surface area contributed by atoms with Crippen LogP contribution in [0.2, 0.25) is 0 Å². The normalized spacial score (nSPS) is 14.8. The number of alkyl halides is 3. The number of fused-ring (bicyclic) bond motifs is 1. The van der Waals surface area contributed by atoms with Gasteiger partial charge in [0.05, 0.1) is 17.4 Å². The molecule has 0 unspecified atom stereocenters. The highest BCUT2D eigenvalue weighted by atomic mass is 19.4. The molecule has 0 saturated heterocycles. The van der Waals surface area contributed by atoms with E-state index in [2.05, 4.69) is 58.6 Å². The van der Waals surface area contributed by atoms with E-state index in [0.717, 1.165) is 30.0 Å². The quantitative estimate of drug-likeness (QED) is 0.459. The number of hydrogen-bond donors (Lipinski definition) is 3. The van der Waals surface area contributed by atoms with Gasteiger partial charge in [0.25, 0.3) is 0 Å². The molecule has 0 amide bonds. The summed E-state index contributed by atoms with van der Waals surface area (Å²) in [7, 11) is 0. The van der Waals surface area contributed by atoms with Gasteiger partial charge in [-0.25, -0.2) is 9.78 Å². The molecule has 1 fully saturated rings. The van der Waals surface area contributed by atoms with Crippen LogP contribution < -0.4 is 5.32 Å². The summed E-state index contributed by atoms with van der Waals surface area (Å²) in [6.45, 7) is 4.28. The highest BCUT2D eigenvalue weighted by molar-refractivity contribution is 5.86. The third kappa shape index (κ3) is 6.32. The molecule has 4 rings (SSSR count). The number of aromatic nitrogens is 2. The van der Waals surface area contributed by atoms with Crippen LogP contribution in [0.4, 0.5) is 13.2 Å². The van der Waals surface area contributed by atoms with Crippen LogP contribution in [-0.4, -0.2) is 33.8 Å². The molecular formula is C24H28F3N3O2. The molecule has 32 heavy (non-hydrogen) atoms. The molecule has 1 aliphatic rings. The molecule has 0 spiro atoms. The smallest absolute Gasteiger partial charge is 0.475 e. The molecule has 3 N–H and O–H groups in total. The summed E-state index contributed by atoms with van der Waals surface area (Å²) < 4.78 is 31.7. The van der Waals surface area contributed by atoms with Gasteiger partial charge in [-0.2, -0.15) is 13.2 Å². The maximum Gasteiger partial charge on any atom is 0.490 e. The molecule has 1 aromatic heterocycles. The van der Waals surface area contributed by atoms with Gasteiger partial charge in [-0.3, -0.25) is 0 Å². The first-order chi connectivity index (χ1) is 15.3. The topological polar surface area (TPSA) is 78.0 Å². The molecule has 172 valence electrons. The number of halogens is 3. The van der Waals surface area contributed by atoms with Crippen molar-refractivity contribution in [1.82, 2.24) is 15.3 Å². The zero-order chi connectivity index (χ0) is 23.1. The lowest BCUT2D eigenvalue weighted by atomic mass is 9.89. The van der Waals surface area contributed by atoms with E-state index in [1.54, 1.807) is 6.33 Å². The fraction of sp³-hybridized carbons (Fsp3) is 0.417. The predicted molar refractivity (Wildman–Crippen MR) is 118 cm³/mol. The number of carboxylic acid groups (broad SMARTS) is 1. The lowest BCUT2D eigenvalue weighted by Gasteiger charge is -2.21.